The van der Waals surface area contributed by atoms with Crippen LogP contribution in [0, 0.1) is 18.3 Å². The molecule has 0 fully saturated rings. The molecule has 1 rings (SSSR count). The molecule has 1 heterocycles. The Bertz CT molecular complexity index is 510. The third-order valence-corrected chi connectivity index (χ3v) is 3.59. The van der Waals surface area contributed by atoms with E-state index < -0.39 is 0 Å². The second-order valence-electron chi connectivity index (χ2n) is 4.87. The van der Waals surface area contributed by atoms with Gasteiger partial charge in [0.2, 0.25) is 5.91 Å². The van der Waals surface area contributed by atoms with Gasteiger partial charge in [-0.3, -0.25) is 4.79 Å². The van der Waals surface area contributed by atoms with E-state index in [9.17, 15) is 4.79 Å². The topological polar surface area (TPSA) is 69.9 Å². The van der Waals surface area contributed by atoms with E-state index in [-0.39, 0.29) is 11.8 Å². The van der Waals surface area contributed by atoms with Crippen LogP contribution in [0.3, 0.4) is 0 Å². The minimum Gasteiger partial charge on any atom is -0.344 e. The van der Waals surface area contributed by atoms with E-state index in [1.807, 2.05) is 32.9 Å². The summed E-state index contributed by atoms with van der Waals surface area (Å²) >= 11 is 1.41. The van der Waals surface area contributed by atoms with E-state index in [0.29, 0.717) is 18.7 Å². The van der Waals surface area contributed by atoms with Gasteiger partial charge < -0.3 is 4.90 Å². The summed E-state index contributed by atoms with van der Waals surface area (Å²) in [5.74, 6) is 1.41. The molecule has 5 nitrogen and oxygen atoms in total. The third-order valence-electron chi connectivity index (χ3n) is 2.69. The number of aromatic nitrogens is 2. The van der Waals surface area contributed by atoms with Crippen molar-refractivity contribution < 1.29 is 4.79 Å². The Morgan fingerprint density at radius 1 is 1.50 bits per heavy atom. The van der Waals surface area contributed by atoms with Crippen molar-refractivity contribution in [1.29, 1.82) is 5.26 Å². The van der Waals surface area contributed by atoms with Crippen LogP contribution in [0.4, 0.5) is 0 Å². The molecular weight excluding hydrogens is 272 g/mol. The highest BCUT2D eigenvalue weighted by atomic mass is 32.2. The van der Waals surface area contributed by atoms with E-state index in [1.54, 1.807) is 11.9 Å². The molecular formula is C14H20N4OS. The first-order valence-electron chi connectivity index (χ1n) is 6.53. The van der Waals surface area contributed by atoms with Crippen LogP contribution in [0.25, 0.3) is 0 Å². The molecule has 0 N–H and O–H groups in total. The second-order valence-corrected chi connectivity index (χ2v) is 5.87. The molecule has 0 saturated heterocycles. The molecule has 0 atom stereocenters. The fraction of sp³-hybridized carbons (Fsp3) is 0.571. The molecule has 20 heavy (non-hydrogen) atoms. The van der Waals surface area contributed by atoms with E-state index in [2.05, 4.69) is 9.97 Å². The van der Waals surface area contributed by atoms with E-state index in [1.165, 1.54) is 11.8 Å². The Kier molecular flexibility index (Phi) is 6.46. The summed E-state index contributed by atoms with van der Waals surface area (Å²) in [5, 5.41) is 9.33. The van der Waals surface area contributed by atoms with Gasteiger partial charge in [0.15, 0.2) is 0 Å². The van der Waals surface area contributed by atoms with Crippen molar-refractivity contribution in [3.63, 3.8) is 0 Å². The number of carbonyl (C=O) groups is 1. The molecule has 0 aliphatic carbocycles. The van der Waals surface area contributed by atoms with Gasteiger partial charge in [0.05, 0.1) is 18.2 Å². The van der Waals surface area contributed by atoms with Crippen LogP contribution in [0.15, 0.2) is 11.1 Å². The highest BCUT2D eigenvalue weighted by Crippen LogP contribution is 2.19. The van der Waals surface area contributed by atoms with Crippen LogP contribution in [0.1, 0.15) is 37.7 Å². The molecule has 0 spiro atoms. The number of thioether (sulfide) groups is 1. The summed E-state index contributed by atoms with van der Waals surface area (Å²) in [4.78, 5) is 22.3. The van der Waals surface area contributed by atoms with Crippen molar-refractivity contribution in [3.8, 4) is 6.07 Å². The highest BCUT2D eigenvalue weighted by Gasteiger charge is 2.11. The van der Waals surface area contributed by atoms with Crippen LogP contribution in [0.5, 0.6) is 0 Å². The van der Waals surface area contributed by atoms with E-state index in [0.717, 1.165) is 16.5 Å². The predicted molar refractivity (Wildman–Crippen MR) is 79.4 cm³/mol. The average Bonchev–Trinajstić information content (AvgIpc) is 2.41. The molecule has 0 aliphatic heterocycles. The number of hydrogen-bond donors (Lipinski definition) is 0. The number of hydrogen-bond acceptors (Lipinski definition) is 5. The van der Waals surface area contributed by atoms with Gasteiger partial charge in [0.25, 0.3) is 0 Å². The second kappa shape index (κ2) is 7.85. The quantitative estimate of drug-likeness (QED) is 0.594. The van der Waals surface area contributed by atoms with E-state index >= 15 is 0 Å². The normalized spacial score (nSPS) is 10.4. The molecule has 108 valence electrons. The number of carbonyl (C=O) groups excluding carboxylic acids is 1. The van der Waals surface area contributed by atoms with Gasteiger partial charge in [-0.05, 0) is 13.0 Å². The van der Waals surface area contributed by atoms with Crippen molar-refractivity contribution in [2.24, 2.45) is 0 Å². The van der Waals surface area contributed by atoms with Gasteiger partial charge in [-0.15, -0.1) is 0 Å². The monoisotopic (exact) mass is 292 g/mol. The first kappa shape index (κ1) is 16.4. The Hall–Kier alpha value is -1.61. The smallest absolute Gasteiger partial charge is 0.232 e. The lowest BCUT2D eigenvalue weighted by molar-refractivity contribution is -0.127. The first-order chi connectivity index (χ1) is 9.43. The summed E-state index contributed by atoms with van der Waals surface area (Å²) < 4.78 is 0. The van der Waals surface area contributed by atoms with Crippen LogP contribution in [0.2, 0.25) is 0 Å². The maximum absolute atomic E-state index is 11.9. The lowest BCUT2D eigenvalue weighted by Crippen LogP contribution is -2.29. The Morgan fingerprint density at radius 2 is 2.20 bits per heavy atom. The molecule has 0 aromatic carbocycles. The van der Waals surface area contributed by atoms with Crippen molar-refractivity contribution in [3.05, 3.63) is 17.6 Å². The van der Waals surface area contributed by atoms with E-state index in [4.69, 9.17) is 5.26 Å². The molecule has 1 aromatic heterocycles. The van der Waals surface area contributed by atoms with Crippen molar-refractivity contribution in [2.45, 2.75) is 38.1 Å². The van der Waals surface area contributed by atoms with Crippen LogP contribution >= 0.6 is 11.8 Å². The molecule has 6 heteroatoms. The first-order valence-corrected chi connectivity index (χ1v) is 7.52. The standard InChI is InChI=1S/C14H20N4OS/c1-10(2)14-16-11(3)8-12(17-14)20-9-13(19)18(4)7-5-6-15/h8,10H,5,7,9H2,1-4H3. The zero-order valence-corrected chi connectivity index (χ0v) is 13.2. The van der Waals surface area contributed by atoms with Gasteiger partial charge in [0, 0.05) is 25.2 Å². The largest absolute Gasteiger partial charge is 0.344 e. The average molecular weight is 292 g/mol. The predicted octanol–water partition coefficient (Wildman–Crippen LogP) is 2.37. The number of aryl methyl sites for hydroxylation is 1. The van der Waals surface area contributed by atoms with Gasteiger partial charge in [-0.25, -0.2) is 9.97 Å². The summed E-state index contributed by atoms with van der Waals surface area (Å²) in [5.41, 5.74) is 0.913. The minimum atomic E-state index is 0.00705. The molecule has 1 aromatic rings. The number of rotatable bonds is 6. The van der Waals surface area contributed by atoms with Crippen molar-refractivity contribution in [2.75, 3.05) is 19.3 Å². The van der Waals surface area contributed by atoms with Gasteiger partial charge in [-0.2, -0.15) is 5.26 Å². The lowest BCUT2D eigenvalue weighted by atomic mass is 10.2. The fourth-order valence-corrected chi connectivity index (χ4v) is 2.39. The summed E-state index contributed by atoms with van der Waals surface area (Å²) in [6.07, 6.45) is 0.358. The zero-order valence-electron chi connectivity index (χ0n) is 12.4. The number of nitriles is 1. The number of amides is 1. The minimum absolute atomic E-state index is 0.00705. The summed E-state index contributed by atoms with van der Waals surface area (Å²) in [6, 6.07) is 3.92. The number of nitrogens with zero attached hydrogens (tertiary/aromatic N) is 4. The molecule has 0 radical (unpaired) electrons. The summed E-state index contributed by atoms with van der Waals surface area (Å²) in [7, 11) is 1.71. The SMILES string of the molecule is Cc1cc(SCC(=O)N(C)CCC#N)nc(C(C)C)n1. The van der Waals surface area contributed by atoms with Crippen LogP contribution in [-0.2, 0) is 4.79 Å². The Labute approximate surface area is 124 Å². The molecule has 0 aliphatic rings. The molecule has 0 saturated carbocycles. The maximum Gasteiger partial charge on any atom is 0.232 e. The Morgan fingerprint density at radius 3 is 2.80 bits per heavy atom. The Balaban J connectivity index is 2.61. The fourth-order valence-electron chi connectivity index (χ4n) is 1.48. The maximum atomic E-state index is 11.9. The summed E-state index contributed by atoms with van der Waals surface area (Å²) in [6.45, 7) is 6.49. The van der Waals surface area contributed by atoms with Crippen molar-refractivity contribution >= 4 is 17.7 Å². The molecule has 0 unspecified atom stereocenters. The van der Waals surface area contributed by atoms with Crippen LogP contribution < -0.4 is 0 Å². The lowest BCUT2D eigenvalue weighted by Gasteiger charge is -2.15. The zero-order chi connectivity index (χ0) is 15.1. The third kappa shape index (κ3) is 5.17. The van der Waals surface area contributed by atoms with Crippen molar-refractivity contribution in [1.82, 2.24) is 14.9 Å². The van der Waals surface area contributed by atoms with Gasteiger partial charge >= 0.3 is 0 Å². The molecule has 0 bridgehead atoms. The highest BCUT2D eigenvalue weighted by molar-refractivity contribution is 7.99. The van der Waals surface area contributed by atoms with Crippen LogP contribution in [-0.4, -0.2) is 40.1 Å². The van der Waals surface area contributed by atoms with Gasteiger partial charge in [-0.1, -0.05) is 25.6 Å². The molecule has 1 amide bonds. The van der Waals surface area contributed by atoms with Gasteiger partial charge in [0.1, 0.15) is 10.9 Å².